The Labute approximate surface area is 184 Å². The van der Waals surface area contributed by atoms with E-state index >= 15 is 0 Å². The molecule has 0 saturated carbocycles. The van der Waals surface area contributed by atoms with Gasteiger partial charge in [-0.15, -0.1) is 0 Å². The van der Waals surface area contributed by atoms with Gasteiger partial charge in [-0.1, -0.05) is 24.3 Å². The van der Waals surface area contributed by atoms with Gasteiger partial charge in [-0.25, -0.2) is 13.1 Å². The van der Waals surface area contributed by atoms with E-state index in [0.717, 1.165) is 23.3 Å². The largest absolute Gasteiger partial charge is 0.488 e. The third-order valence-corrected chi connectivity index (χ3v) is 6.62. The zero-order valence-electron chi connectivity index (χ0n) is 18.4. The molecule has 0 fully saturated rings. The lowest BCUT2D eigenvalue weighted by atomic mass is 10.0. The van der Waals surface area contributed by atoms with Gasteiger partial charge in [0.2, 0.25) is 15.9 Å². The number of rotatable bonds is 9. The van der Waals surface area contributed by atoms with Crippen molar-refractivity contribution in [2.24, 2.45) is 0 Å². The van der Waals surface area contributed by atoms with Crippen molar-refractivity contribution in [1.29, 1.82) is 0 Å². The molecule has 0 spiro atoms. The predicted molar refractivity (Wildman–Crippen MR) is 119 cm³/mol. The second-order valence-electron chi connectivity index (χ2n) is 8.40. The molecule has 0 unspecified atom stereocenters. The summed E-state index contributed by atoms with van der Waals surface area (Å²) in [6, 6.07) is 11.1. The highest BCUT2D eigenvalue weighted by Crippen LogP contribution is 2.41. The molecule has 2 aromatic rings. The molecule has 2 aromatic carbocycles. The fraction of sp³-hybridized carbons (Fsp3) is 0.435. The average Bonchev–Trinajstić information content (AvgIpc) is 3.01. The highest BCUT2D eigenvalue weighted by Gasteiger charge is 2.32. The lowest BCUT2D eigenvalue weighted by molar-refractivity contribution is -0.121. The number of hydrogen-bond donors (Lipinski definition) is 2. The molecule has 0 aliphatic carbocycles. The van der Waals surface area contributed by atoms with Crippen LogP contribution in [0.5, 0.6) is 11.5 Å². The monoisotopic (exact) mass is 446 g/mol. The maximum Gasteiger partial charge on any atom is 0.240 e. The van der Waals surface area contributed by atoms with Crippen LogP contribution >= 0.6 is 0 Å². The normalized spacial score (nSPS) is 14.6. The van der Waals surface area contributed by atoms with E-state index in [-0.39, 0.29) is 29.4 Å². The van der Waals surface area contributed by atoms with Crippen LogP contribution in [0.1, 0.15) is 37.0 Å². The minimum Gasteiger partial charge on any atom is -0.488 e. The molecule has 1 aliphatic rings. The maximum absolute atomic E-state index is 12.5. The van der Waals surface area contributed by atoms with E-state index in [4.69, 9.17) is 9.47 Å². The molecule has 0 atom stereocenters. The SMILES string of the molecule is Cc1ccc(C)c(S(=O)(=O)NCCC(=O)NCCOc2cccc3c2OC(C)(C)C3)c1. The number of aryl methyl sites for hydroxylation is 2. The zero-order chi connectivity index (χ0) is 22.6. The fourth-order valence-electron chi connectivity index (χ4n) is 3.51. The summed E-state index contributed by atoms with van der Waals surface area (Å²) in [5, 5.41) is 2.74. The summed E-state index contributed by atoms with van der Waals surface area (Å²) in [6.07, 6.45) is 0.871. The van der Waals surface area contributed by atoms with Crippen LogP contribution in [-0.2, 0) is 21.2 Å². The van der Waals surface area contributed by atoms with Crippen LogP contribution in [0.3, 0.4) is 0 Å². The van der Waals surface area contributed by atoms with Gasteiger partial charge in [0, 0.05) is 24.9 Å². The van der Waals surface area contributed by atoms with Crippen LogP contribution in [-0.4, -0.2) is 39.6 Å². The molecule has 1 amide bonds. The van der Waals surface area contributed by atoms with Crippen LogP contribution in [0.25, 0.3) is 0 Å². The Morgan fingerprint density at radius 1 is 1.16 bits per heavy atom. The number of ether oxygens (including phenoxy) is 2. The Hall–Kier alpha value is -2.58. The molecular formula is C23H30N2O5S. The van der Waals surface area contributed by atoms with Gasteiger partial charge in [-0.2, -0.15) is 0 Å². The first-order valence-electron chi connectivity index (χ1n) is 10.3. The Bertz CT molecular complexity index is 1060. The second-order valence-corrected chi connectivity index (χ2v) is 10.1. The molecule has 31 heavy (non-hydrogen) atoms. The third-order valence-electron chi connectivity index (χ3n) is 5.01. The highest BCUT2D eigenvalue weighted by molar-refractivity contribution is 7.89. The van der Waals surface area contributed by atoms with Crippen LogP contribution in [0.2, 0.25) is 0 Å². The van der Waals surface area contributed by atoms with E-state index in [2.05, 4.69) is 10.0 Å². The third kappa shape index (κ3) is 5.98. The van der Waals surface area contributed by atoms with Crippen molar-refractivity contribution in [1.82, 2.24) is 10.0 Å². The average molecular weight is 447 g/mol. The molecule has 7 nitrogen and oxygen atoms in total. The number of sulfonamides is 1. The Balaban J connectivity index is 1.41. The van der Waals surface area contributed by atoms with Crippen LogP contribution < -0.4 is 19.5 Å². The van der Waals surface area contributed by atoms with E-state index < -0.39 is 10.0 Å². The first kappa shape index (κ1) is 23.1. The van der Waals surface area contributed by atoms with Gasteiger partial charge in [-0.3, -0.25) is 4.79 Å². The second kappa shape index (κ2) is 9.28. The maximum atomic E-state index is 12.5. The van der Waals surface area contributed by atoms with Crippen molar-refractivity contribution in [3.63, 3.8) is 0 Å². The van der Waals surface area contributed by atoms with Gasteiger partial charge in [0.25, 0.3) is 0 Å². The minimum atomic E-state index is -3.65. The topological polar surface area (TPSA) is 93.7 Å². The molecule has 168 valence electrons. The minimum absolute atomic E-state index is 0.0253. The number of amides is 1. The standard InChI is InChI=1S/C23H30N2O5S/c1-16-8-9-17(2)20(14-16)31(27,28)25-11-10-21(26)24-12-13-29-19-7-5-6-18-15-23(3,4)30-22(18)19/h5-9,14,25H,10-13,15H2,1-4H3,(H,24,26). The molecule has 0 aromatic heterocycles. The van der Waals surface area contributed by atoms with Crippen molar-refractivity contribution in [3.8, 4) is 11.5 Å². The Morgan fingerprint density at radius 3 is 2.71 bits per heavy atom. The lowest BCUT2D eigenvalue weighted by Crippen LogP contribution is -2.33. The lowest BCUT2D eigenvalue weighted by Gasteiger charge is -2.18. The number of carbonyl (C=O) groups is 1. The number of para-hydroxylation sites is 1. The van der Waals surface area contributed by atoms with Gasteiger partial charge in [0.1, 0.15) is 12.2 Å². The van der Waals surface area contributed by atoms with Crippen molar-refractivity contribution >= 4 is 15.9 Å². The van der Waals surface area contributed by atoms with Gasteiger partial charge < -0.3 is 14.8 Å². The molecule has 2 N–H and O–H groups in total. The van der Waals surface area contributed by atoms with Gasteiger partial charge in [0.15, 0.2) is 11.5 Å². The quantitative estimate of drug-likeness (QED) is 0.578. The van der Waals surface area contributed by atoms with Gasteiger partial charge in [-0.05, 0) is 51.0 Å². The van der Waals surface area contributed by atoms with E-state index in [9.17, 15) is 13.2 Å². The summed E-state index contributed by atoms with van der Waals surface area (Å²) in [4.78, 5) is 12.3. The molecule has 1 aliphatic heterocycles. The smallest absolute Gasteiger partial charge is 0.240 e. The summed E-state index contributed by atoms with van der Waals surface area (Å²) in [5.74, 6) is 1.18. The van der Waals surface area contributed by atoms with E-state index in [1.54, 1.807) is 19.1 Å². The first-order valence-corrected chi connectivity index (χ1v) is 11.8. The molecular weight excluding hydrogens is 416 g/mol. The van der Waals surface area contributed by atoms with E-state index in [0.29, 0.717) is 24.5 Å². The van der Waals surface area contributed by atoms with Crippen molar-refractivity contribution in [2.45, 2.75) is 51.0 Å². The van der Waals surface area contributed by atoms with E-state index in [1.807, 2.05) is 45.0 Å². The number of benzene rings is 2. The molecule has 0 radical (unpaired) electrons. The summed E-state index contributed by atoms with van der Waals surface area (Å²) in [5.41, 5.74) is 2.39. The number of nitrogens with one attached hydrogen (secondary N) is 2. The Morgan fingerprint density at radius 2 is 1.94 bits per heavy atom. The van der Waals surface area contributed by atoms with Crippen molar-refractivity contribution in [2.75, 3.05) is 19.7 Å². The van der Waals surface area contributed by atoms with Crippen molar-refractivity contribution < 1.29 is 22.7 Å². The summed E-state index contributed by atoms with van der Waals surface area (Å²) in [6.45, 7) is 8.28. The van der Waals surface area contributed by atoms with Gasteiger partial charge in [0.05, 0.1) is 11.4 Å². The summed E-state index contributed by atoms with van der Waals surface area (Å²) < 4.78 is 39.2. The predicted octanol–water partition coefficient (Wildman–Crippen LogP) is 2.88. The molecule has 8 heteroatoms. The number of hydrogen-bond acceptors (Lipinski definition) is 5. The van der Waals surface area contributed by atoms with Crippen LogP contribution in [0, 0.1) is 13.8 Å². The van der Waals surface area contributed by atoms with E-state index in [1.165, 1.54) is 0 Å². The first-order chi connectivity index (χ1) is 14.6. The highest BCUT2D eigenvalue weighted by atomic mass is 32.2. The molecule has 3 rings (SSSR count). The number of carbonyl (C=O) groups excluding carboxylic acids is 1. The Kier molecular flexibility index (Phi) is 6.91. The fourth-order valence-corrected chi connectivity index (χ4v) is 4.87. The zero-order valence-corrected chi connectivity index (χ0v) is 19.3. The molecule has 0 saturated heterocycles. The molecule has 0 bridgehead atoms. The van der Waals surface area contributed by atoms with Gasteiger partial charge >= 0.3 is 0 Å². The van der Waals surface area contributed by atoms with Crippen LogP contribution in [0.4, 0.5) is 0 Å². The number of fused-ring (bicyclic) bond motifs is 1. The van der Waals surface area contributed by atoms with Crippen molar-refractivity contribution in [3.05, 3.63) is 53.1 Å². The molecule has 1 heterocycles. The summed E-state index contributed by atoms with van der Waals surface area (Å²) in [7, 11) is -3.65. The summed E-state index contributed by atoms with van der Waals surface area (Å²) >= 11 is 0. The van der Waals surface area contributed by atoms with Crippen LogP contribution in [0.15, 0.2) is 41.3 Å².